The van der Waals surface area contributed by atoms with E-state index in [1.165, 1.54) is 0 Å². The highest BCUT2D eigenvalue weighted by molar-refractivity contribution is 5.99. The van der Waals surface area contributed by atoms with Crippen molar-refractivity contribution in [3.8, 4) is 0 Å². The van der Waals surface area contributed by atoms with Gasteiger partial charge in [-0.15, -0.1) is 0 Å². The Morgan fingerprint density at radius 1 is 1.35 bits per heavy atom. The number of hydrogen-bond donors (Lipinski definition) is 0. The molecule has 1 saturated heterocycles. The van der Waals surface area contributed by atoms with Crippen molar-refractivity contribution in [3.63, 3.8) is 0 Å². The predicted octanol–water partition coefficient (Wildman–Crippen LogP) is 3.38. The summed E-state index contributed by atoms with van der Waals surface area (Å²) < 4.78 is 5.66. The number of ether oxygens (including phenoxy) is 1. The number of rotatable bonds is 2. The van der Waals surface area contributed by atoms with Gasteiger partial charge in [0.2, 0.25) is 0 Å². The van der Waals surface area contributed by atoms with Gasteiger partial charge in [-0.2, -0.15) is 0 Å². The quantitative estimate of drug-likeness (QED) is 0.731. The molecule has 17 heavy (non-hydrogen) atoms. The maximum atomic E-state index is 12.5. The number of benzene rings is 1. The maximum Gasteiger partial charge on any atom is 0.166 e. The Balaban J connectivity index is 2.18. The summed E-state index contributed by atoms with van der Waals surface area (Å²) in [5.41, 5.74) is 1.78. The van der Waals surface area contributed by atoms with Crippen molar-refractivity contribution in [2.45, 2.75) is 39.2 Å². The molecule has 0 unspecified atom stereocenters. The molecule has 2 nitrogen and oxygen atoms in total. The van der Waals surface area contributed by atoms with Gasteiger partial charge in [0.1, 0.15) is 0 Å². The standard InChI is InChI=1S/C15H20O2/c1-11-6-4-5-7-13(11)14(16)12-8-9-17-15(2,3)10-12/h4-7,12H,8-10H2,1-3H3/t12-/m1/s1. The number of ketones is 1. The van der Waals surface area contributed by atoms with Crippen molar-refractivity contribution in [1.82, 2.24) is 0 Å². The molecule has 1 heterocycles. The minimum Gasteiger partial charge on any atom is -0.376 e. The van der Waals surface area contributed by atoms with Crippen LogP contribution in [0.5, 0.6) is 0 Å². The molecule has 0 amide bonds. The Labute approximate surface area is 103 Å². The zero-order valence-electron chi connectivity index (χ0n) is 10.8. The topological polar surface area (TPSA) is 26.3 Å². The molecule has 0 bridgehead atoms. The first-order valence-electron chi connectivity index (χ1n) is 6.23. The summed E-state index contributed by atoms with van der Waals surface area (Å²) in [6.07, 6.45) is 1.66. The summed E-state index contributed by atoms with van der Waals surface area (Å²) >= 11 is 0. The van der Waals surface area contributed by atoms with Crippen LogP contribution in [0.3, 0.4) is 0 Å². The fourth-order valence-corrected chi connectivity index (χ4v) is 2.52. The Bertz CT molecular complexity index is 421. The minimum absolute atomic E-state index is 0.111. The molecule has 0 radical (unpaired) electrons. The van der Waals surface area contributed by atoms with Crippen molar-refractivity contribution in [2.75, 3.05) is 6.61 Å². The van der Waals surface area contributed by atoms with E-state index >= 15 is 0 Å². The van der Waals surface area contributed by atoms with Crippen LogP contribution >= 0.6 is 0 Å². The van der Waals surface area contributed by atoms with Crippen molar-refractivity contribution >= 4 is 5.78 Å². The van der Waals surface area contributed by atoms with Gasteiger partial charge in [0.05, 0.1) is 5.60 Å². The van der Waals surface area contributed by atoms with E-state index in [9.17, 15) is 4.79 Å². The summed E-state index contributed by atoms with van der Waals surface area (Å²) in [5, 5.41) is 0. The smallest absolute Gasteiger partial charge is 0.166 e. The molecule has 0 saturated carbocycles. The van der Waals surface area contributed by atoms with E-state index in [0.29, 0.717) is 6.61 Å². The first kappa shape index (κ1) is 12.3. The molecule has 0 aliphatic carbocycles. The average molecular weight is 232 g/mol. The zero-order valence-corrected chi connectivity index (χ0v) is 10.8. The Morgan fingerprint density at radius 3 is 2.71 bits per heavy atom. The van der Waals surface area contributed by atoms with Crippen LogP contribution in [0, 0.1) is 12.8 Å². The van der Waals surface area contributed by atoms with Crippen LogP contribution in [-0.2, 0) is 4.74 Å². The number of carbonyl (C=O) groups is 1. The van der Waals surface area contributed by atoms with E-state index in [1.54, 1.807) is 0 Å². The molecule has 1 fully saturated rings. The summed E-state index contributed by atoms with van der Waals surface area (Å²) in [6.45, 7) is 6.81. The van der Waals surface area contributed by atoms with Gasteiger partial charge in [0, 0.05) is 18.1 Å². The van der Waals surface area contributed by atoms with E-state index in [-0.39, 0.29) is 17.3 Å². The lowest BCUT2D eigenvalue weighted by Crippen LogP contribution is -2.37. The number of hydrogen-bond acceptors (Lipinski definition) is 2. The summed E-state index contributed by atoms with van der Waals surface area (Å²) in [7, 11) is 0. The maximum absolute atomic E-state index is 12.5. The molecule has 1 atom stereocenters. The van der Waals surface area contributed by atoms with E-state index in [2.05, 4.69) is 13.8 Å². The van der Waals surface area contributed by atoms with Gasteiger partial charge in [-0.25, -0.2) is 0 Å². The van der Waals surface area contributed by atoms with Crippen LogP contribution in [-0.4, -0.2) is 18.0 Å². The Kier molecular flexibility index (Phi) is 3.34. The summed E-state index contributed by atoms with van der Waals surface area (Å²) in [4.78, 5) is 12.5. The molecular formula is C15H20O2. The summed E-state index contributed by atoms with van der Waals surface area (Å²) in [5.74, 6) is 0.388. The fraction of sp³-hybridized carbons (Fsp3) is 0.533. The van der Waals surface area contributed by atoms with E-state index in [0.717, 1.165) is 24.0 Å². The van der Waals surface area contributed by atoms with Gasteiger partial charge in [0.15, 0.2) is 5.78 Å². The molecule has 0 spiro atoms. The van der Waals surface area contributed by atoms with Crippen LogP contribution in [0.4, 0.5) is 0 Å². The van der Waals surface area contributed by atoms with Gasteiger partial charge >= 0.3 is 0 Å². The van der Waals surface area contributed by atoms with Crippen LogP contribution in [0.25, 0.3) is 0 Å². The fourth-order valence-electron chi connectivity index (χ4n) is 2.52. The third kappa shape index (κ3) is 2.75. The molecule has 1 aliphatic heterocycles. The van der Waals surface area contributed by atoms with Crippen LogP contribution < -0.4 is 0 Å². The molecule has 0 N–H and O–H groups in total. The predicted molar refractivity (Wildman–Crippen MR) is 68.3 cm³/mol. The Hall–Kier alpha value is -1.15. The lowest BCUT2D eigenvalue weighted by molar-refractivity contribution is -0.0664. The normalized spacial score (nSPS) is 23.4. The van der Waals surface area contributed by atoms with E-state index in [4.69, 9.17) is 4.74 Å². The van der Waals surface area contributed by atoms with Gasteiger partial charge in [-0.1, -0.05) is 24.3 Å². The SMILES string of the molecule is Cc1ccccc1C(=O)[C@@H]1CCOC(C)(C)C1. The second kappa shape index (κ2) is 4.61. The first-order chi connectivity index (χ1) is 7.99. The van der Waals surface area contributed by atoms with Crippen molar-refractivity contribution in [1.29, 1.82) is 0 Å². The van der Waals surface area contributed by atoms with Gasteiger partial charge < -0.3 is 4.74 Å². The molecule has 92 valence electrons. The molecular weight excluding hydrogens is 212 g/mol. The van der Waals surface area contributed by atoms with Crippen LogP contribution in [0.2, 0.25) is 0 Å². The van der Waals surface area contributed by atoms with E-state index in [1.807, 2.05) is 31.2 Å². The second-order valence-electron chi connectivity index (χ2n) is 5.48. The molecule has 0 aromatic heterocycles. The minimum atomic E-state index is -0.165. The molecule has 1 aliphatic rings. The van der Waals surface area contributed by atoms with Crippen LogP contribution in [0.15, 0.2) is 24.3 Å². The van der Waals surface area contributed by atoms with Crippen molar-refractivity contribution < 1.29 is 9.53 Å². The number of carbonyl (C=O) groups excluding carboxylic acids is 1. The van der Waals surface area contributed by atoms with Crippen LogP contribution in [0.1, 0.15) is 42.6 Å². The molecule has 1 aromatic rings. The zero-order chi connectivity index (χ0) is 12.5. The summed E-state index contributed by atoms with van der Waals surface area (Å²) in [6, 6.07) is 7.84. The lowest BCUT2D eigenvalue weighted by Gasteiger charge is -2.34. The number of Topliss-reactive ketones (excluding diaryl/α,β-unsaturated/α-hetero) is 1. The van der Waals surface area contributed by atoms with E-state index < -0.39 is 0 Å². The first-order valence-corrected chi connectivity index (χ1v) is 6.23. The highest BCUT2D eigenvalue weighted by Crippen LogP contribution is 2.31. The molecule has 2 heteroatoms. The van der Waals surface area contributed by atoms with Crippen molar-refractivity contribution in [3.05, 3.63) is 35.4 Å². The third-order valence-electron chi connectivity index (χ3n) is 3.48. The van der Waals surface area contributed by atoms with Gasteiger partial charge in [-0.3, -0.25) is 4.79 Å². The average Bonchev–Trinajstić information content (AvgIpc) is 2.27. The highest BCUT2D eigenvalue weighted by atomic mass is 16.5. The highest BCUT2D eigenvalue weighted by Gasteiger charge is 2.33. The molecule has 1 aromatic carbocycles. The lowest BCUT2D eigenvalue weighted by atomic mass is 9.82. The van der Waals surface area contributed by atoms with Crippen molar-refractivity contribution in [2.24, 2.45) is 5.92 Å². The number of aryl methyl sites for hydroxylation is 1. The monoisotopic (exact) mass is 232 g/mol. The van der Waals surface area contributed by atoms with Gasteiger partial charge in [0.25, 0.3) is 0 Å². The van der Waals surface area contributed by atoms with Gasteiger partial charge in [-0.05, 0) is 39.2 Å². The Morgan fingerprint density at radius 2 is 2.06 bits per heavy atom. The second-order valence-corrected chi connectivity index (χ2v) is 5.48. The molecule has 2 rings (SSSR count). The largest absolute Gasteiger partial charge is 0.376 e. The third-order valence-corrected chi connectivity index (χ3v) is 3.48.